The molecule has 8 nitrogen and oxygen atoms in total. The molecule has 0 aliphatic carbocycles. The van der Waals surface area contributed by atoms with Gasteiger partial charge in [0.05, 0.1) is 19.2 Å². The van der Waals surface area contributed by atoms with E-state index in [-0.39, 0.29) is 19.0 Å². The average Bonchev–Trinajstić information content (AvgIpc) is 3.02. The van der Waals surface area contributed by atoms with E-state index in [0.29, 0.717) is 18.4 Å². The first kappa shape index (κ1) is 19.0. The number of carbonyl (C=O) groups excluding carboxylic acids is 1. The van der Waals surface area contributed by atoms with Gasteiger partial charge in [-0.2, -0.15) is 0 Å². The number of amides is 1. The van der Waals surface area contributed by atoms with E-state index in [1.165, 1.54) is 9.58 Å². The summed E-state index contributed by atoms with van der Waals surface area (Å²) in [6.45, 7) is 4.99. The molecular weight excluding hydrogens is 320 g/mol. The maximum atomic E-state index is 12.4. The minimum atomic E-state index is -0.726. The third-order valence-electron chi connectivity index (χ3n) is 4.22. The molecule has 1 aromatic carbocycles. The second kappa shape index (κ2) is 8.68. The van der Waals surface area contributed by atoms with Crippen LogP contribution in [0.25, 0.3) is 0 Å². The lowest BCUT2D eigenvalue weighted by atomic mass is 10.1. The average molecular weight is 346 g/mol. The van der Waals surface area contributed by atoms with Gasteiger partial charge in [-0.15, -0.1) is 5.10 Å². The van der Waals surface area contributed by atoms with E-state index in [1.807, 2.05) is 37.4 Å². The second-order valence-corrected chi connectivity index (χ2v) is 6.46. The first-order valence-electron chi connectivity index (χ1n) is 8.30. The molecule has 0 saturated carbocycles. The van der Waals surface area contributed by atoms with Crippen LogP contribution in [-0.2, 0) is 17.9 Å². The van der Waals surface area contributed by atoms with Crippen LogP contribution in [0.2, 0.25) is 0 Å². The Morgan fingerprint density at radius 2 is 1.92 bits per heavy atom. The molecule has 1 aromatic heterocycles. The summed E-state index contributed by atoms with van der Waals surface area (Å²) in [6.07, 6.45) is -0.726. The van der Waals surface area contributed by atoms with Gasteiger partial charge in [0.15, 0.2) is 5.82 Å². The Morgan fingerprint density at radius 3 is 2.56 bits per heavy atom. The predicted molar refractivity (Wildman–Crippen MR) is 93.5 cm³/mol. The van der Waals surface area contributed by atoms with Crippen LogP contribution in [0, 0.1) is 0 Å². The molecule has 136 valence electrons. The molecule has 0 radical (unpaired) electrons. The van der Waals surface area contributed by atoms with Crippen LogP contribution in [-0.4, -0.2) is 67.7 Å². The van der Waals surface area contributed by atoms with Crippen molar-refractivity contribution in [3.05, 3.63) is 41.7 Å². The van der Waals surface area contributed by atoms with Gasteiger partial charge in [0.25, 0.3) is 0 Å². The molecule has 25 heavy (non-hydrogen) atoms. The standard InChI is InChI=1S/C17H26N6O2/c1-13(2)21(3)11-16-18-19-20-23(16)12-17(25)22(4)10-15(24)14-8-6-5-7-9-14/h5-9,13,15,24H,10-12H2,1-4H3/t15-/m0/s1. The van der Waals surface area contributed by atoms with Crippen molar-refractivity contribution in [1.82, 2.24) is 30.0 Å². The maximum Gasteiger partial charge on any atom is 0.244 e. The zero-order valence-electron chi connectivity index (χ0n) is 15.2. The van der Waals surface area contributed by atoms with Crippen molar-refractivity contribution in [3.8, 4) is 0 Å². The Hall–Kier alpha value is -2.32. The normalized spacial score (nSPS) is 12.6. The van der Waals surface area contributed by atoms with Crippen molar-refractivity contribution < 1.29 is 9.90 Å². The molecule has 1 amide bonds. The minimum Gasteiger partial charge on any atom is -0.387 e. The Labute approximate surface area is 148 Å². The van der Waals surface area contributed by atoms with Gasteiger partial charge in [-0.05, 0) is 36.9 Å². The van der Waals surface area contributed by atoms with Gasteiger partial charge in [0, 0.05) is 13.1 Å². The van der Waals surface area contributed by atoms with E-state index in [1.54, 1.807) is 7.05 Å². The lowest BCUT2D eigenvalue weighted by Crippen LogP contribution is -2.35. The molecule has 0 fully saturated rings. The summed E-state index contributed by atoms with van der Waals surface area (Å²) in [5, 5.41) is 21.8. The van der Waals surface area contributed by atoms with Crippen molar-refractivity contribution in [2.24, 2.45) is 0 Å². The van der Waals surface area contributed by atoms with E-state index < -0.39 is 6.10 Å². The fourth-order valence-corrected chi connectivity index (χ4v) is 2.26. The SMILES string of the molecule is CC(C)N(C)Cc1nnnn1CC(=O)N(C)C[C@H](O)c1ccccc1. The van der Waals surface area contributed by atoms with Crippen molar-refractivity contribution >= 4 is 5.91 Å². The molecule has 1 heterocycles. The van der Waals surface area contributed by atoms with Gasteiger partial charge in [-0.1, -0.05) is 30.3 Å². The number of rotatable bonds is 8. The highest BCUT2D eigenvalue weighted by atomic mass is 16.3. The Morgan fingerprint density at radius 1 is 1.24 bits per heavy atom. The molecule has 0 unspecified atom stereocenters. The van der Waals surface area contributed by atoms with Crippen molar-refractivity contribution in [1.29, 1.82) is 0 Å². The quantitative estimate of drug-likeness (QED) is 0.757. The molecule has 2 aromatic rings. The van der Waals surface area contributed by atoms with E-state index >= 15 is 0 Å². The Bertz CT molecular complexity index is 673. The monoisotopic (exact) mass is 346 g/mol. The Kier molecular flexibility index (Phi) is 6.60. The van der Waals surface area contributed by atoms with Crippen LogP contribution >= 0.6 is 0 Å². The zero-order valence-corrected chi connectivity index (χ0v) is 15.2. The number of benzene rings is 1. The summed E-state index contributed by atoms with van der Waals surface area (Å²) in [4.78, 5) is 16.0. The number of aliphatic hydroxyl groups is 1. The molecule has 0 aliphatic rings. The third-order valence-corrected chi connectivity index (χ3v) is 4.22. The number of hydrogen-bond donors (Lipinski definition) is 1. The van der Waals surface area contributed by atoms with Crippen molar-refractivity contribution in [2.75, 3.05) is 20.6 Å². The van der Waals surface area contributed by atoms with E-state index in [0.717, 1.165) is 5.56 Å². The molecule has 0 bridgehead atoms. The first-order valence-corrected chi connectivity index (χ1v) is 8.30. The first-order chi connectivity index (χ1) is 11.9. The highest BCUT2D eigenvalue weighted by molar-refractivity contribution is 5.75. The number of aliphatic hydroxyl groups excluding tert-OH is 1. The molecule has 2 rings (SSSR count). The number of tetrazole rings is 1. The number of likely N-dealkylation sites (N-methyl/N-ethyl adjacent to an activating group) is 1. The van der Waals surface area contributed by atoms with Gasteiger partial charge in [0.1, 0.15) is 6.54 Å². The number of aromatic nitrogens is 4. The predicted octanol–water partition coefficient (Wildman–Crippen LogP) is 0.705. The summed E-state index contributed by atoms with van der Waals surface area (Å²) >= 11 is 0. The van der Waals surface area contributed by atoms with Crippen LogP contribution in [0.3, 0.4) is 0 Å². The fraction of sp³-hybridized carbons (Fsp3) is 0.529. The van der Waals surface area contributed by atoms with Crippen LogP contribution in [0.5, 0.6) is 0 Å². The highest BCUT2D eigenvalue weighted by Crippen LogP contribution is 2.13. The zero-order chi connectivity index (χ0) is 18.4. The third kappa shape index (κ3) is 5.33. The topological polar surface area (TPSA) is 87.4 Å². The second-order valence-electron chi connectivity index (χ2n) is 6.46. The van der Waals surface area contributed by atoms with E-state index in [9.17, 15) is 9.90 Å². The molecule has 0 aliphatic heterocycles. The largest absolute Gasteiger partial charge is 0.387 e. The summed E-state index contributed by atoms with van der Waals surface area (Å²) in [5.74, 6) is 0.484. The smallest absolute Gasteiger partial charge is 0.244 e. The summed E-state index contributed by atoms with van der Waals surface area (Å²) in [7, 11) is 3.65. The summed E-state index contributed by atoms with van der Waals surface area (Å²) in [6, 6.07) is 9.63. The number of nitrogens with zero attached hydrogens (tertiary/aromatic N) is 6. The van der Waals surface area contributed by atoms with Crippen LogP contribution < -0.4 is 0 Å². The molecule has 1 atom stereocenters. The summed E-state index contributed by atoms with van der Waals surface area (Å²) < 4.78 is 1.51. The summed E-state index contributed by atoms with van der Waals surface area (Å²) in [5.41, 5.74) is 0.781. The van der Waals surface area contributed by atoms with Crippen molar-refractivity contribution in [2.45, 2.75) is 39.1 Å². The van der Waals surface area contributed by atoms with Crippen LogP contribution in [0.15, 0.2) is 30.3 Å². The van der Waals surface area contributed by atoms with Crippen LogP contribution in [0.4, 0.5) is 0 Å². The van der Waals surface area contributed by atoms with Gasteiger partial charge in [0.2, 0.25) is 5.91 Å². The molecule has 0 spiro atoms. The Balaban J connectivity index is 1.94. The molecule has 1 N–H and O–H groups in total. The van der Waals surface area contributed by atoms with Gasteiger partial charge in [-0.3, -0.25) is 9.69 Å². The maximum absolute atomic E-state index is 12.4. The number of hydrogen-bond acceptors (Lipinski definition) is 6. The molecular formula is C17H26N6O2. The molecule has 8 heteroatoms. The van der Waals surface area contributed by atoms with Gasteiger partial charge >= 0.3 is 0 Å². The lowest BCUT2D eigenvalue weighted by Gasteiger charge is -2.22. The van der Waals surface area contributed by atoms with Gasteiger partial charge in [-0.25, -0.2) is 4.68 Å². The van der Waals surface area contributed by atoms with Gasteiger partial charge < -0.3 is 10.0 Å². The van der Waals surface area contributed by atoms with E-state index in [2.05, 4.69) is 34.3 Å². The lowest BCUT2D eigenvalue weighted by molar-refractivity contribution is -0.132. The van der Waals surface area contributed by atoms with Crippen LogP contribution in [0.1, 0.15) is 31.3 Å². The number of carbonyl (C=O) groups is 1. The van der Waals surface area contributed by atoms with E-state index in [4.69, 9.17) is 0 Å². The fourth-order valence-electron chi connectivity index (χ4n) is 2.26. The van der Waals surface area contributed by atoms with Crippen molar-refractivity contribution in [3.63, 3.8) is 0 Å². The highest BCUT2D eigenvalue weighted by Gasteiger charge is 2.18. The minimum absolute atomic E-state index is 0.0479. The molecule has 0 saturated heterocycles.